The zero-order chi connectivity index (χ0) is 12.2. The van der Waals surface area contributed by atoms with Crippen molar-refractivity contribution in [3.8, 4) is 0 Å². The van der Waals surface area contributed by atoms with Crippen LogP contribution in [0.25, 0.3) is 0 Å². The van der Waals surface area contributed by atoms with Crippen LogP contribution >= 0.6 is 23.4 Å². The second-order valence-electron chi connectivity index (χ2n) is 3.71. The number of anilines is 2. The highest BCUT2D eigenvalue weighted by molar-refractivity contribution is 7.98. The van der Waals surface area contributed by atoms with Crippen LogP contribution in [0.4, 0.5) is 11.8 Å². The summed E-state index contributed by atoms with van der Waals surface area (Å²) in [6.45, 7) is 2.10. The molecule has 0 saturated carbocycles. The fourth-order valence-electron chi connectivity index (χ4n) is 1.14. The van der Waals surface area contributed by atoms with Crippen molar-refractivity contribution in [1.82, 2.24) is 9.97 Å². The molecule has 0 aliphatic rings. The average Bonchev–Trinajstić information content (AvgIpc) is 2.19. The lowest BCUT2D eigenvalue weighted by molar-refractivity contribution is 0.0996. The van der Waals surface area contributed by atoms with Gasteiger partial charge in [-0.25, -0.2) is 4.98 Å². The molecule has 0 amide bonds. The Kier molecular flexibility index (Phi) is 4.64. The van der Waals surface area contributed by atoms with Crippen LogP contribution in [-0.4, -0.2) is 39.2 Å². The molecule has 4 N–H and O–H groups in total. The molecule has 1 aromatic heterocycles. The third-order valence-electron chi connectivity index (χ3n) is 1.85. The molecule has 0 aliphatic heterocycles. The summed E-state index contributed by atoms with van der Waals surface area (Å²) in [6, 6.07) is 0. The van der Waals surface area contributed by atoms with Crippen LogP contribution < -0.4 is 11.1 Å². The minimum Gasteiger partial charge on any atom is -0.387 e. The molecule has 0 spiro atoms. The summed E-state index contributed by atoms with van der Waals surface area (Å²) in [5.41, 5.74) is 4.62. The van der Waals surface area contributed by atoms with Gasteiger partial charge in [0.2, 0.25) is 5.95 Å². The van der Waals surface area contributed by atoms with Gasteiger partial charge in [0.05, 0.1) is 11.8 Å². The number of rotatable bonds is 5. The van der Waals surface area contributed by atoms with E-state index in [4.69, 9.17) is 17.3 Å². The Balaban J connectivity index is 2.63. The van der Waals surface area contributed by atoms with Gasteiger partial charge in [-0.2, -0.15) is 16.7 Å². The molecule has 0 bridgehead atoms. The number of aromatic nitrogens is 2. The SMILES string of the molecule is CSCC(C)(O)CNc1nc(N)ncc1Cl. The van der Waals surface area contributed by atoms with Crippen molar-refractivity contribution >= 4 is 35.1 Å². The summed E-state index contributed by atoms with van der Waals surface area (Å²) >= 11 is 7.44. The van der Waals surface area contributed by atoms with Crippen LogP contribution in [0.1, 0.15) is 6.92 Å². The van der Waals surface area contributed by atoms with Crippen LogP contribution in [0, 0.1) is 0 Å². The Labute approximate surface area is 104 Å². The summed E-state index contributed by atoms with van der Waals surface area (Å²) in [5, 5.41) is 13.3. The average molecular weight is 263 g/mol. The first-order chi connectivity index (χ1) is 7.44. The Morgan fingerprint density at radius 3 is 3.00 bits per heavy atom. The van der Waals surface area contributed by atoms with Crippen molar-refractivity contribution < 1.29 is 5.11 Å². The topological polar surface area (TPSA) is 84.1 Å². The molecule has 90 valence electrons. The van der Waals surface area contributed by atoms with E-state index in [9.17, 15) is 5.11 Å². The molecule has 0 aliphatic carbocycles. The quantitative estimate of drug-likeness (QED) is 0.740. The maximum Gasteiger partial charge on any atom is 0.222 e. The number of aliphatic hydroxyl groups is 1. The number of nitrogen functional groups attached to an aromatic ring is 1. The summed E-state index contributed by atoms with van der Waals surface area (Å²) < 4.78 is 0. The van der Waals surface area contributed by atoms with Crippen LogP contribution in [0.15, 0.2) is 6.20 Å². The van der Waals surface area contributed by atoms with E-state index in [0.717, 1.165) is 0 Å². The number of hydrogen-bond donors (Lipinski definition) is 3. The molecule has 0 radical (unpaired) electrons. The van der Waals surface area contributed by atoms with Gasteiger partial charge in [-0.3, -0.25) is 0 Å². The Morgan fingerprint density at radius 1 is 1.69 bits per heavy atom. The van der Waals surface area contributed by atoms with Crippen LogP contribution in [-0.2, 0) is 0 Å². The van der Waals surface area contributed by atoms with Crippen LogP contribution in [0.3, 0.4) is 0 Å². The first-order valence-electron chi connectivity index (χ1n) is 4.68. The zero-order valence-corrected chi connectivity index (χ0v) is 10.8. The van der Waals surface area contributed by atoms with Gasteiger partial charge in [0, 0.05) is 12.3 Å². The predicted molar refractivity (Wildman–Crippen MR) is 68.9 cm³/mol. The molecule has 1 aromatic rings. The number of halogens is 1. The van der Waals surface area contributed by atoms with E-state index in [1.54, 1.807) is 18.7 Å². The summed E-state index contributed by atoms with van der Waals surface area (Å²) in [7, 11) is 0. The minimum atomic E-state index is -0.817. The molecule has 0 aromatic carbocycles. The van der Waals surface area contributed by atoms with Crippen molar-refractivity contribution in [2.75, 3.05) is 29.6 Å². The van der Waals surface area contributed by atoms with Gasteiger partial charge in [-0.1, -0.05) is 11.6 Å². The molecular weight excluding hydrogens is 248 g/mol. The maximum atomic E-state index is 9.93. The first kappa shape index (κ1) is 13.3. The van der Waals surface area contributed by atoms with Crippen molar-refractivity contribution in [1.29, 1.82) is 0 Å². The minimum absolute atomic E-state index is 0.149. The molecule has 1 heterocycles. The van der Waals surface area contributed by atoms with E-state index >= 15 is 0 Å². The van der Waals surface area contributed by atoms with Crippen molar-refractivity contribution in [2.24, 2.45) is 0 Å². The monoisotopic (exact) mass is 262 g/mol. The lowest BCUT2D eigenvalue weighted by Gasteiger charge is -2.23. The number of nitrogens with one attached hydrogen (secondary N) is 1. The highest BCUT2D eigenvalue weighted by atomic mass is 35.5. The second-order valence-corrected chi connectivity index (χ2v) is 4.98. The first-order valence-corrected chi connectivity index (χ1v) is 6.45. The van der Waals surface area contributed by atoms with Crippen molar-refractivity contribution in [2.45, 2.75) is 12.5 Å². The van der Waals surface area contributed by atoms with Crippen molar-refractivity contribution in [3.63, 3.8) is 0 Å². The summed E-state index contributed by atoms with van der Waals surface area (Å²) in [4.78, 5) is 7.69. The van der Waals surface area contributed by atoms with Gasteiger partial charge in [-0.05, 0) is 13.2 Å². The lowest BCUT2D eigenvalue weighted by atomic mass is 10.1. The highest BCUT2D eigenvalue weighted by Gasteiger charge is 2.20. The van der Waals surface area contributed by atoms with Gasteiger partial charge in [-0.15, -0.1) is 0 Å². The molecule has 0 fully saturated rings. The van der Waals surface area contributed by atoms with E-state index < -0.39 is 5.60 Å². The number of hydrogen-bond acceptors (Lipinski definition) is 6. The van der Waals surface area contributed by atoms with Crippen molar-refractivity contribution in [3.05, 3.63) is 11.2 Å². The van der Waals surface area contributed by atoms with E-state index in [0.29, 0.717) is 23.1 Å². The number of nitrogens with two attached hydrogens (primary N) is 1. The molecule has 1 unspecified atom stereocenters. The van der Waals surface area contributed by atoms with Gasteiger partial charge >= 0.3 is 0 Å². The smallest absolute Gasteiger partial charge is 0.222 e. The van der Waals surface area contributed by atoms with Gasteiger partial charge in [0.25, 0.3) is 0 Å². The largest absolute Gasteiger partial charge is 0.387 e. The standard InChI is InChI=1S/C9H15ClN4OS/c1-9(15,5-16-2)4-13-7-6(10)3-12-8(11)14-7/h3,15H,4-5H2,1-2H3,(H3,11,12,13,14). The summed E-state index contributed by atoms with van der Waals surface area (Å²) in [5.74, 6) is 1.21. The number of nitrogens with zero attached hydrogens (tertiary/aromatic N) is 2. The fraction of sp³-hybridized carbons (Fsp3) is 0.556. The molecule has 5 nitrogen and oxygen atoms in total. The third-order valence-corrected chi connectivity index (χ3v) is 3.04. The molecular formula is C9H15ClN4OS. The molecule has 1 atom stereocenters. The summed E-state index contributed by atoms with van der Waals surface area (Å²) in [6.07, 6.45) is 3.36. The normalized spacial score (nSPS) is 14.5. The van der Waals surface area contributed by atoms with Crippen LogP contribution in [0.2, 0.25) is 5.02 Å². The number of thioether (sulfide) groups is 1. The zero-order valence-electron chi connectivity index (χ0n) is 9.20. The Hall–Kier alpha value is -0.720. The third kappa shape index (κ3) is 4.03. The van der Waals surface area contributed by atoms with E-state index in [2.05, 4.69) is 15.3 Å². The maximum absolute atomic E-state index is 9.93. The Morgan fingerprint density at radius 2 is 2.38 bits per heavy atom. The predicted octanol–water partition coefficient (Wildman–Crippen LogP) is 1.24. The molecule has 0 saturated heterocycles. The van der Waals surface area contributed by atoms with Gasteiger partial charge < -0.3 is 16.2 Å². The molecule has 1 rings (SSSR count). The second kappa shape index (κ2) is 5.56. The van der Waals surface area contributed by atoms with Crippen LogP contribution in [0.5, 0.6) is 0 Å². The fourth-order valence-corrected chi connectivity index (χ4v) is 2.02. The van der Waals surface area contributed by atoms with Gasteiger partial charge in [0.1, 0.15) is 5.02 Å². The van der Waals surface area contributed by atoms with Gasteiger partial charge in [0.15, 0.2) is 5.82 Å². The molecule has 7 heteroatoms. The lowest BCUT2D eigenvalue weighted by Crippen LogP contribution is -2.36. The Bertz CT molecular complexity index is 361. The molecule has 16 heavy (non-hydrogen) atoms. The van der Waals surface area contributed by atoms with E-state index in [1.165, 1.54) is 6.20 Å². The van der Waals surface area contributed by atoms with E-state index in [1.807, 2.05) is 6.26 Å². The highest BCUT2D eigenvalue weighted by Crippen LogP contribution is 2.19. The van der Waals surface area contributed by atoms with E-state index in [-0.39, 0.29) is 5.95 Å².